The van der Waals surface area contributed by atoms with Crippen LogP contribution in [0.15, 0.2) is 0 Å². The van der Waals surface area contributed by atoms with Gasteiger partial charge in [-0.15, -0.1) is 10.2 Å². The lowest BCUT2D eigenvalue weighted by atomic mass is 10.1. The second kappa shape index (κ2) is 4.20. The summed E-state index contributed by atoms with van der Waals surface area (Å²) < 4.78 is 0.267. The van der Waals surface area contributed by atoms with Crippen molar-refractivity contribution < 1.29 is 9.90 Å². The summed E-state index contributed by atoms with van der Waals surface area (Å²) in [5.74, 6) is -0.315. The number of anilines is 1. The smallest absolute Gasteiger partial charge is 0.229 e. The summed E-state index contributed by atoms with van der Waals surface area (Å²) in [5, 5.41) is 19.3. The molecule has 1 rings (SSSR count). The van der Waals surface area contributed by atoms with E-state index < -0.39 is 5.60 Å². The van der Waals surface area contributed by atoms with Gasteiger partial charge in [0.15, 0.2) is 0 Å². The summed E-state index contributed by atoms with van der Waals surface area (Å²) in [7, 11) is 0. The van der Waals surface area contributed by atoms with E-state index in [1.54, 1.807) is 13.8 Å². The third-order valence-electron chi connectivity index (χ3n) is 1.24. The number of carbonyl (C=O) groups excluding carboxylic acids is 1. The normalized spacial score (nSPS) is 11.4. The van der Waals surface area contributed by atoms with Gasteiger partial charge >= 0.3 is 0 Å². The monoisotopic (exact) mass is 235 g/mol. The second-order valence-electron chi connectivity index (χ2n) is 3.40. The maximum atomic E-state index is 11.3. The summed E-state index contributed by atoms with van der Waals surface area (Å²) in [5.41, 5.74) is -1.03. The highest BCUT2D eigenvalue weighted by atomic mass is 35.5. The van der Waals surface area contributed by atoms with Crippen molar-refractivity contribution in [2.45, 2.75) is 25.9 Å². The number of hydrogen-bond donors (Lipinski definition) is 2. The highest BCUT2D eigenvalue weighted by molar-refractivity contribution is 7.19. The van der Waals surface area contributed by atoms with Gasteiger partial charge in [0.25, 0.3) is 0 Å². The van der Waals surface area contributed by atoms with Crippen LogP contribution in [0.25, 0.3) is 0 Å². The number of carbonyl (C=O) groups is 1. The Kier molecular flexibility index (Phi) is 3.41. The minimum atomic E-state index is -1.03. The summed E-state index contributed by atoms with van der Waals surface area (Å²) in [6.45, 7) is 3.11. The fourth-order valence-electron chi connectivity index (χ4n) is 0.812. The van der Waals surface area contributed by atoms with Crippen molar-refractivity contribution in [2.24, 2.45) is 0 Å². The Bertz CT molecular complexity index is 334. The molecule has 14 heavy (non-hydrogen) atoms. The van der Waals surface area contributed by atoms with Gasteiger partial charge < -0.3 is 10.4 Å². The molecule has 0 aromatic carbocycles. The molecule has 0 unspecified atom stereocenters. The Morgan fingerprint density at radius 1 is 1.64 bits per heavy atom. The first-order chi connectivity index (χ1) is 6.37. The number of nitrogens with zero attached hydrogens (tertiary/aromatic N) is 2. The van der Waals surface area contributed by atoms with Crippen LogP contribution >= 0.6 is 22.9 Å². The van der Waals surface area contributed by atoms with Gasteiger partial charge in [-0.3, -0.25) is 4.79 Å². The highest BCUT2D eigenvalue weighted by Gasteiger charge is 2.18. The molecule has 1 heterocycles. The number of rotatable bonds is 3. The third-order valence-corrected chi connectivity index (χ3v) is 2.17. The van der Waals surface area contributed by atoms with E-state index in [0.717, 1.165) is 11.3 Å². The van der Waals surface area contributed by atoms with E-state index in [2.05, 4.69) is 15.5 Å². The predicted molar refractivity (Wildman–Crippen MR) is 54.5 cm³/mol. The predicted octanol–water partition coefficient (Wildman–Crippen LogP) is 1.29. The lowest BCUT2D eigenvalue weighted by molar-refractivity contribution is -0.119. The molecule has 2 N–H and O–H groups in total. The van der Waals surface area contributed by atoms with Gasteiger partial charge in [-0.05, 0) is 25.4 Å². The fraction of sp³-hybridized carbons (Fsp3) is 0.571. The zero-order valence-electron chi connectivity index (χ0n) is 7.74. The molecule has 0 atom stereocenters. The van der Waals surface area contributed by atoms with Crippen LogP contribution in [0.1, 0.15) is 20.3 Å². The van der Waals surface area contributed by atoms with Crippen molar-refractivity contribution in [1.29, 1.82) is 0 Å². The van der Waals surface area contributed by atoms with Gasteiger partial charge in [0.2, 0.25) is 15.5 Å². The molecule has 0 radical (unpaired) electrons. The van der Waals surface area contributed by atoms with Crippen LogP contribution in [0.3, 0.4) is 0 Å². The first kappa shape index (κ1) is 11.4. The van der Waals surface area contributed by atoms with E-state index in [0.29, 0.717) is 5.13 Å². The average Bonchev–Trinajstić information content (AvgIpc) is 2.30. The highest BCUT2D eigenvalue weighted by Crippen LogP contribution is 2.20. The van der Waals surface area contributed by atoms with Gasteiger partial charge in [0.05, 0.1) is 12.0 Å². The van der Waals surface area contributed by atoms with E-state index >= 15 is 0 Å². The molecule has 5 nitrogen and oxygen atoms in total. The molecular formula is C7H10ClN3O2S. The van der Waals surface area contributed by atoms with Gasteiger partial charge in [-0.25, -0.2) is 0 Å². The standard InChI is InChI=1S/C7H10ClN3O2S/c1-7(2,13)3-4(12)9-6-11-10-5(8)14-6/h13H,3H2,1-2H3,(H,9,11,12). The minimum Gasteiger partial charge on any atom is -0.390 e. The molecule has 0 bridgehead atoms. The van der Waals surface area contributed by atoms with Crippen molar-refractivity contribution >= 4 is 34.0 Å². The third kappa shape index (κ3) is 3.99. The van der Waals surface area contributed by atoms with E-state index in [-0.39, 0.29) is 16.8 Å². The van der Waals surface area contributed by atoms with Crippen LogP contribution in [0.4, 0.5) is 5.13 Å². The average molecular weight is 236 g/mol. The van der Waals surface area contributed by atoms with Crippen LogP contribution in [-0.4, -0.2) is 26.8 Å². The van der Waals surface area contributed by atoms with E-state index in [1.807, 2.05) is 0 Å². The molecule has 1 amide bonds. The Morgan fingerprint density at radius 2 is 2.29 bits per heavy atom. The lowest BCUT2D eigenvalue weighted by Crippen LogP contribution is -2.27. The number of aliphatic hydroxyl groups is 1. The Labute approximate surface area is 90.1 Å². The van der Waals surface area contributed by atoms with Crippen molar-refractivity contribution in [1.82, 2.24) is 10.2 Å². The van der Waals surface area contributed by atoms with Crippen molar-refractivity contribution in [3.63, 3.8) is 0 Å². The fourth-order valence-corrected chi connectivity index (χ4v) is 1.56. The van der Waals surface area contributed by atoms with Crippen molar-refractivity contribution in [2.75, 3.05) is 5.32 Å². The maximum Gasteiger partial charge on any atom is 0.229 e. The van der Waals surface area contributed by atoms with E-state index in [9.17, 15) is 9.90 Å². The lowest BCUT2D eigenvalue weighted by Gasteiger charge is -2.15. The summed E-state index contributed by atoms with van der Waals surface area (Å²) in [6.07, 6.45) is 0.00417. The van der Waals surface area contributed by atoms with Gasteiger partial charge in [0.1, 0.15) is 0 Å². The first-order valence-electron chi connectivity index (χ1n) is 3.88. The van der Waals surface area contributed by atoms with Gasteiger partial charge in [-0.1, -0.05) is 11.3 Å². The molecule has 0 aliphatic heterocycles. The number of aromatic nitrogens is 2. The summed E-state index contributed by atoms with van der Waals surface area (Å²) in [4.78, 5) is 11.3. The Balaban J connectivity index is 2.50. The zero-order valence-corrected chi connectivity index (χ0v) is 9.32. The first-order valence-corrected chi connectivity index (χ1v) is 5.07. The SMILES string of the molecule is CC(C)(O)CC(=O)Nc1nnc(Cl)s1. The molecule has 7 heteroatoms. The topological polar surface area (TPSA) is 75.1 Å². The molecule has 0 spiro atoms. The molecule has 1 aromatic heterocycles. The zero-order chi connectivity index (χ0) is 10.8. The van der Waals surface area contributed by atoms with Crippen molar-refractivity contribution in [3.8, 4) is 0 Å². The summed E-state index contributed by atoms with van der Waals surface area (Å²) >= 11 is 6.59. The molecule has 0 saturated carbocycles. The van der Waals surface area contributed by atoms with E-state index in [4.69, 9.17) is 11.6 Å². The maximum absolute atomic E-state index is 11.3. The van der Waals surface area contributed by atoms with E-state index in [1.165, 1.54) is 0 Å². The van der Waals surface area contributed by atoms with Crippen LogP contribution in [0, 0.1) is 0 Å². The summed E-state index contributed by atoms with van der Waals surface area (Å²) in [6, 6.07) is 0. The Hall–Kier alpha value is -0.720. The van der Waals surface area contributed by atoms with Gasteiger partial charge in [0, 0.05) is 0 Å². The number of halogens is 1. The molecule has 1 aromatic rings. The van der Waals surface area contributed by atoms with Crippen LogP contribution in [0.2, 0.25) is 4.47 Å². The van der Waals surface area contributed by atoms with Crippen molar-refractivity contribution in [3.05, 3.63) is 4.47 Å². The molecule has 78 valence electrons. The van der Waals surface area contributed by atoms with Crippen LogP contribution < -0.4 is 5.32 Å². The molecule has 0 fully saturated rings. The second-order valence-corrected chi connectivity index (χ2v) is 4.96. The number of hydrogen-bond acceptors (Lipinski definition) is 5. The molecule has 0 saturated heterocycles. The molecular weight excluding hydrogens is 226 g/mol. The molecule has 0 aliphatic rings. The van der Waals surface area contributed by atoms with Crippen LogP contribution in [-0.2, 0) is 4.79 Å². The van der Waals surface area contributed by atoms with Crippen LogP contribution in [0.5, 0.6) is 0 Å². The quantitative estimate of drug-likeness (QED) is 0.828. The Morgan fingerprint density at radius 3 is 2.71 bits per heavy atom. The largest absolute Gasteiger partial charge is 0.390 e. The van der Waals surface area contributed by atoms with Gasteiger partial charge in [-0.2, -0.15) is 0 Å². The number of nitrogens with one attached hydrogen (secondary N) is 1. The molecule has 0 aliphatic carbocycles. The number of amides is 1. The minimum absolute atomic E-state index is 0.00417.